The molecule has 1 atom stereocenters. The number of benzene rings is 1. The Labute approximate surface area is 112 Å². The first-order chi connectivity index (χ1) is 9.24. The van der Waals surface area contributed by atoms with Gasteiger partial charge in [-0.3, -0.25) is 0 Å². The maximum absolute atomic E-state index is 10.8. The summed E-state index contributed by atoms with van der Waals surface area (Å²) in [5, 5.41) is 19.1. The molecular formula is C15H17N3O. The second kappa shape index (κ2) is 4.67. The fraction of sp³-hybridized carbons (Fsp3) is 0.467. The van der Waals surface area contributed by atoms with Gasteiger partial charge in [0.15, 0.2) is 0 Å². The Hall–Kier alpha value is -1.86. The van der Waals surface area contributed by atoms with Gasteiger partial charge in [-0.05, 0) is 25.0 Å². The van der Waals surface area contributed by atoms with E-state index in [0.717, 1.165) is 43.1 Å². The predicted molar refractivity (Wildman–Crippen MR) is 73.4 cm³/mol. The summed E-state index contributed by atoms with van der Waals surface area (Å²) in [4.78, 5) is 0. The van der Waals surface area contributed by atoms with E-state index in [1.165, 1.54) is 0 Å². The summed E-state index contributed by atoms with van der Waals surface area (Å²) in [7, 11) is 0. The third-order valence-corrected chi connectivity index (χ3v) is 4.01. The lowest BCUT2D eigenvalue weighted by Crippen LogP contribution is -2.41. The van der Waals surface area contributed by atoms with Crippen LogP contribution in [0.1, 0.15) is 38.1 Å². The van der Waals surface area contributed by atoms with E-state index in [-0.39, 0.29) is 0 Å². The molecule has 1 aliphatic carbocycles. The molecule has 0 spiro atoms. The normalized spacial score (nSPS) is 20.0. The van der Waals surface area contributed by atoms with Crippen LogP contribution in [0, 0.1) is 12.3 Å². The molecule has 1 N–H and O–H groups in total. The van der Waals surface area contributed by atoms with Crippen LogP contribution in [0.3, 0.4) is 0 Å². The molecule has 0 amide bonds. The Balaban J connectivity index is 2.05. The minimum atomic E-state index is -0.858. The van der Waals surface area contributed by atoms with E-state index >= 15 is 0 Å². The largest absolute Gasteiger partial charge is 0.387 e. The highest BCUT2D eigenvalue weighted by atomic mass is 16.3. The van der Waals surface area contributed by atoms with Crippen molar-refractivity contribution in [3.05, 3.63) is 24.3 Å². The highest BCUT2D eigenvalue weighted by molar-refractivity contribution is 5.74. The van der Waals surface area contributed by atoms with E-state index in [1.54, 1.807) is 4.68 Å². The van der Waals surface area contributed by atoms with Crippen LogP contribution >= 0.6 is 0 Å². The third kappa shape index (κ3) is 2.00. The Morgan fingerprint density at radius 1 is 1.26 bits per heavy atom. The van der Waals surface area contributed by atoms with Crippen molar-refractivity contribution in [3.63, 3.8) is 0 Å². The molecule has 0 saturated heterocycles. The van der Waals surface area contributed by atoms with E-state index in [0.29, 0.717) is 0 Å². The standard InChI is InChI=1S/C15H17N3O/c1-2-14(15(19)10-6-3-7-11-15)18-13-9-5-4-8-12(13)16-17-18/h1,4-5,8-9,14,19H,3,6-7,10-11H2. The lowest BCUT2D eigenvalue weighted by molar-refractivity contribution is -0.0274. The van der Waals surface area contributed by atoms with Gasteiger partial charge in [-0.1, -0.05) is 42.5 Å². The zero-order valence-corrected chi connectivity index (χ0v) is 10.8. The molecule has 98 valence electrons. The Kier molecular flexibility index (Phi) is 3.00. The van der Waals surface area contributed by atoms with Gasteiger partial charge in [0.2, 0.25) is 0 Å². The second-order valence-corrected chi connectivity index (χ2v) is 5.26. The van der Waals surface area contributed by atoms with E-state index in [4.69, 9.17) is 6.42 Å². The van der Waals surface area contributed by atoms with Crippen LogP contribution in [0.25, 0.3) is 11.0 Å². The van der Waals surface area contributed by atoms with Crippen LogP contribution in [0.15, 0.2) is 24.3 Å². The van der Waals surface area contributed by atoms with Crippen molar-refractivity contribution < 1.29 is 5.11 Å². The highest BCUT2D eigenvalue weighted by Crippen LogP contribution is 2.37. The molecule has 1 unspecified atom stereocenters. The quantitative estimate of drug-likeness (QED) is 0.838. The number of para-hydroxylation sites is 1. The number of hydrogen-bond donors (Lipinski definition) is 1. The van der Waals surface area contributed by atoms with Gasteiger partial charge in [0.05, 0.1) is 11.1 Å². The minimum absolute atomic E-state index is 0.444. The third-order valence-electron chi connectivity index (χ3n) is 4.01. The van der Waals surface area contributed by atoms with E-state index in [2.05, 4.69) is 16.2 Å². The van der Waals surface area contributed by atoms with Gasteiger partial charge in [0.25, 0.3) is 0 Å². The Bertz CT molecular complexity index is 620. The summed E-state index contributed by atoms with van der Waals surface area (Å²) in [5.41, 5.74) is 0.829. The average Bonchev–Trinajstić information content (AvgIpc) is 2.84. The van der Waals surface area contributed by atoms with Gasteiger partial charge in [-0.15, -0.1) is 11.5 Å². The summed E-state index contributed by atoms with van der Waals surface area (Å²) in [6.07, 6.45) is 10.3. The first-order valence-electron chi connectivity index (χ1n) is 6.73. The van der Waals surface area contributed by atoms with Gasteiger partial charge in [0.1, 0.15) is 11.6 Å². The van der Waals surface area contributed by atoms with Crippen molar-refractivity contribution in [1.29, 1.82) is 0 Å². The number of aliphatic hydroxyl groups is 1. The van der Waals surface area contributed by atoms with Crippen LogP contribution in [-0.2, 0) is 0 Å². The molecule has 0 bridgehead atoms. The second-order valence-electron chi connectivity index (χ2n) is 5.26. The van der Waals surface area contributed by atoms with E-state index in [9.17, 15) is 5.11 Å². The molecule has 1 aromatic carbocycles. The summed E-state index contributed by atoms with van der Waals surface area (Å²) < 4.78 is 1.70. The van der Waals surface area contributed by atoms with Gasteiger partial charge < -0.3 is 5.11 Å². The first-order valence-corrected chi connectivity index (χ1v) is 6.73. The zero-order valence-electron chi connectivity index (χ0n) is 10.8. The molecule has 0 aliphatic heterocycles. The maximum Gasteiger partial charge on any atom is 0.143 e. The van der Waals surface area contributed by atoms with Crippen LogP contribution in [0.2, 0.25) is 0 Å². The molecule has 0 radical (unpaired) electrons. The first kappa shape index (κ1) is 12.2. The lowest BCUT2D eigenvalue weighted by atomic mass is 9.79. The Morgan fingerprint density at radius 2 is 2.00 bits per heavy atom. The fourth-order valence-corrected chi connectivity index (χ4v) is 2.97. The van der Waals surface area contributed by atoms with Gasteiger partial charge in [0, 0.05) is 0 Å². The number of fused-ring (bicyclic) bond motifs is 1. The number of hydrogen-bond acceptors (Lipinski definition) is 3. The zero-order chi connectivity index (χ0) is 13.3. The summed E-state index contributed by atoms with van der Waals surface area (Å²) in [6, 6.07) is 7.24. The van der Waals surface area contributed by atoms with Crippen LogP contribution in [-0.4, -0.2) is 25.7 Å². The van der Waals surface area contributed by atoms with Crippen LogP contribution in [0.5, 0.6) is 0 Å². The summed E-state index contributed by atoms with van der Waals surface area (Å²) in [6.45, 7) is 0. The number of rotatable bonds is 2. The molecule has 19 heavy (non-hydrogen) atoms. The van der Waals surface area contributed by atoms with E-state index in [1.807, 2.05) is 24.3 Å². The van der Waals surface area contributed by atoms with Crippen LogP contribution in [0.4, 0.5) is 0 Å². The van der Waals surface area contributed by atoms with Crippen molar-refractivity contribution in [3.8, 4) is 12.3 Å². The molecule has 4 heteroatoms. The van der Waals surface area contributed by atoms with Crippen molar-refractivity contribution in [2.75, 3.05) is 0 Å². The number of terminal acetylenes is 1. The smallest absolute Gasteiger partial charge is 0.143 e. The Morgan fingerprint density at radius 3 is 2.74 bits per heavy atom. The van der Waals surface area contributed by atoms with Gasteiger partial charge in [-0.25, -0.2) is 4.68 Å². The molecule has 1 fully saturated rings. The van der Waals surface area contributed by atoms with Crippen LogP contribution < -0.4 is 0 Å². The molecular weight excluding hydrogens is 238 g/mol. The monoisotopic (exact) mass is 255 g/mol. The van der Waals surface area contributed by atoms with E-state index < -0.39 is 11.6 Å². The van der Waals surface area contributed by atoms with Crippen molar-refractivity contribution in [2.24, 2.45) is 0 Å². The lowest BCUT2D eigenvalue weighted by Gasteiger charge is -2.36. The molecule has 4 nitrogen and oxygen atoms in total. The summed E-state index contributed by atoms with van der Waals surface area (Å²) >= 11 is 0. The topological polar surface area (TPSA) is 50.9 Å². The van der Waals surface area contributed by atoms with Crippen molar-refractivity contribution in [2.45, 2.75) is 43.7 Å². The fourth-order valence-electron chi connectivity index (χ4n) is 2.97. The number of nitrogens with zero attached hydrogens (tertiary/aromatic N) is 3. The predicted octanol–water partition coefficient (Wildman–Crippen LogP) is 2.30. The molecule has 3 rings (SSSR count). The molecule has 1 aromatic heterocycles. The maximum atomic E-state index is 10.8. The highest BCUT2D eigenvalue weighted by Gasteiger charge is 2.39. The van der Waals surface area contributed by atoms with Gasteiger partial charge >= 0.3 is 0 Å². The molecule has 1 saturated carbocycles. The number of aromatic nitrogens is 3. The SMILES string of the molecule is C#CC(n1nnc2ccccc21)C1(O)CCCCC1. The van der Waals surface area contributed by atoms with Crippen molar-refractivity contribution in [1.82, 2.24) is 15.0 Å². The summed E-state index contributed by atoms with van der Waals surface area (Å²) in [5.74, 6) is 2.72. The minimum Gasteiger partial charge on any atom is -0.387 e. The van der Waals surface area contributed by atoms with Gasteiger partial charge in [-0.2, -0.15) is 0 Å². The molecule has 2 aromatic rings. The molecule has 1 aliphatic rings. The molecule has 1 heterocycles. The van der Waals surface area contributed by atoms with Crippen molar-refractivity contribution >= 4 is 11.0 Å². The average molecular weight is 255 g/mol.